The maximum atomic E-state index is 13.9. The van der Waals surface area contributed by atoms with Gasteiger partial charge in [-0.1, -0.05) is 12.1 Å². The molecule has 2 aromatic carbocycles. The quantitative estimate of drug-likeness (QED) is 0.827. The van der Waals surface area contributed by atoms with Gasteiger partial charge in [-0.25, -0.2) is 4.39 Å². The highest BCUT2D eigenvalue weighted by Gasteiger charge is 2.22. The number of nitrogens with one attached hydrogen (secondary N) is 1. The molecule has 2 N–H and O–H groups in total. The number of hydrogen-bond donors (Lipinski definition) is 2. The molecule has 3 rings (SSSR count). The first-order valence-electron chi connectivity index (χ1n) is 6.67. The Hall–Kier alpha value is -1.55. The fourth-order valence-corrected chi connectivity index (χ4v) is 3.22. The molecule has 0 saturated carbocycles. The molecule has 1 atom stereocenters. The van der Waals surface area contributed by atoms with Crippen LogP contribution in [0.3, 0.4) is 0 Å². The van der Waals surface area contributed by atoms with Crippen molar-refractivity contribution in [3.63, 3.8) is 0 Å². The van der Waals surface area contributed by atoms with E-state index in [1.807, 2.05) is 12.1 Å². The summed E-state index contributed by atoms with van der Waals surface area (Å²) in [6, 6.07) is 10.5. The second kappa shape index (κ2) is 5.44. The minimum Gasteiger partial charge on any atom is -0.508 e. The van der Waals surface area contributed by atoms with E-state index in [0.29, 0.717) is 5.69 Å². The molecule has 0 amide bonds. The third-order valence-electron chi connectivity index (χ3n) is 3.72. The molecule has 2 nitrogen and oxygen atoms in total. The predicted octanol–water partition coefficient (Wildman–Crippen LogP) is 4.78. The van der Waals surface area contributed by atoms with Crippen molar-refractivity contribution in [3.8, 4) is 5.75 Å². The van der Waals surface area contributed by atoms with Gasteiger partial charge in [0.05, 0.1) is 11.7 Å². The van der Waals surface area contributed by atoms with E-state index < -0.39 is 0 Å². The van der Waals surface area contributed by atoms with E-state index in [1.54, 1.807) is 18.2 Å². The Morgan fingerprint density at radius 1 is 1.25 bits per heavy atom. The average molecular weight is 336 g/mol. The Labute approximate surface area is 125 Å². The largest absolute Gasteiger partial charge is 0.508 e. The predicted molar refractivity (Wildman–Crippen MR) is 81.5 cm³/mol. The van der Waals surface area contributed by atoms with Crippen LogP contribution in [0.4, 0.5) is 10.1 Å². The van der Waals surface area contributed by atoms with Crippen molar-refractivity contribution >= 4 is 21.6 Å². The van der Waals surface area contributed by atoms with E-state index in [9.17, 15) is 9.50 Å². The summed E-state index contributed by atoms with van der Waals surface area (Å²) in [5.41, 5.74) is 2.78. The smallest absolute Gasteiger partial charge is 0.147 e. The Kier molecular flexibility index (Phi) is 3.66. The van der Waals surface area contributed by atoms with Crippen LogP contribution in [0, 0.1) is 5.82 Å². The molecular weight excluding hydrogens is 321 g/mol. The number of phenols is 1. The molecular formula is C16H15BrFNO. The van der Waals surface area contributed by atoms with Crippen molar-refractivity contribution in [2.24, 2.45) is 0 Å². The van der Waals surface area contributed by atoms with Gasteiger partial charge in [0, 0.05) is 4.47 Å². The first-order chi connectivity index (χ1) is 9.65. The summed E-state index contributed by atoms with van der Waals surface area (Å²) in [6.07, 6.45) is 2.94. The number of phenolic OH excluding ortho intramolecular Hbond substituents is 1. The molecule has 104 valence electrons. The minimum absolute atomic E-state index is 0.0764. The van der Waals surface area contributed by atoms with Crippen molar-refractivity contribution in [1.29, 1.82) is 0 Å². The van der Waals surface area contributed by atoms with Gasteiger partial charge in [0.25, 0.3) is 0 Å². The zero-order chi connectivity index (χ0) is 14.1. The maximum Gasteiger partial charge on any atom is 0.147 e. The van der Waals surface area contributed by atoms with Crippen LogP contribution in [0.25, 0.3) is 0 Å². The fourth-order valence-electron chi connectivity index (χ4n) is 2.76. The van der Waals surface area contributed by atoms with Gasteiger partial charge in [0.1, 0.15) is 11.6 Å². The minimum atomic E-state index is -0.259. The molecule has 0 saturated heterocycles. The molecule has 4 heteroatoms. The monoisotopic (exact) mass is 335 g/mol. The first kappa shape index (κ1) is 13.4. The molecule has 2 aromatic rings. The van der Waals surface area contributed by atoms with Crippen molar-refractivity contribution in [3.05, 3.63) is 57.8 Å². The molecule has 1 aliphatic carbocycles. The first-order valence-corrected chi connectivity index (χ1v) is 7.47. The Bertz CT molecular complexity index is 624. The van der Waals surface area contributed by atoms with E-state index in [1.165, 1.54) is 6.07 Å². The zero-order valence-corrected chi connectivity index (χ0v) is 12.5. The highest BCUT2D eigenvalue weighted by Crippen LogP contribution is 2.36. The molecule has 0 fully saturated rings. The van der Waals surface area contributed by atoms with Crippen molar-refractivity contribution < 1.29 is 9.50 Å². The van der Waals surface area contributed by atoms with Crippen molar-refractivity contribution in [2.45, 2.75) is 25.3 Å². The van der Waals surface area contributed by atoms with Crippen molar-refractivity contribution in [2.75, 3.05) is 5.32 Å². The van der Waals surface area contributed by atoms with E-state index in [0.717, 1.165) is 34.9 Å². The van der Waals surface area contributed by atoms with Gasteiger partial charge in [0.15, 0.2) is 0 Å². The second-order valence-corrected chi connectivity index (χ2v) is 5.92. The molecule has 0 heterocycles. The summed E-state index contributed by atoms with van der Waals surface area (Å²) in [4.78, 5) is 0. The van der Waals surface area contributed by atoms with Gasteiger partial charge in [-0.3, -0.25) is 0 Å². The lowest BCUT2D eigenvalue weighted by Gasteiger charge is -2.28. The summed E-state index contributed by atoms with van der Waals surface area (Å²) >= 11 is 3.38. The summed E-state index contributed by atoms with van der Waals surface area (Å²) in [5.74, 6) is 0.0294. The molecule has 0 radical (unpaired) electrons. The molecule has 20 heavy (non-hydrogen) atoms. The lowest BCUT2D eigenvalue weighted by atomic mass is 9.87. The number of halogens is 2. The zero-order valence-electron chi connectivity index (χ0n) is 10.9. The van der Waals surface area contributed by atoms with E-state index in [2.05, 4.69) is 21.2 Å². The van der Waals surface area contributed by atoms with Crippen LogP contribution < -0.4 is 5.32 Å². The van der Waals surface area contributed by atoms with Crippen LogP contribution in [0.15, 0.2) is 40.9 Å². The highest BCUT2D eigenvalue weighted by molar-refractivity contribution is 9.10. The van der Waals surface area contributed by atoms with E-state index in [-0.39, 0.29) is 17.6 Å². The lowest BCUT2D eigenvalue weighted by molar-refractivity contribution is 0.472. The van der Waals surface area contributed by atoms with Gasteiger partial charge in [-0.15, -0.1) is 0 Å². The number of anilines is 1. The third kappa shape index (κ3) is 2.52. The fraction of sp³-hybridized carbons (Fsp3) is 0.250. The van der Waals surface area contributed by atoms with Crippen molar-refractivity contribution in [1.82, 2.24) is 0 Å². The van der Waals surface area contributed by atoms with Crippen LogP contribution in [-0.4, -0.2) is 5.11 Å². The number of fused-ring (bicyclic) bond motifs is 1. The molecule has 0 aliphatic heterocycles. The number of rotatable bonds is 2. The second-order valence-electron chi connectivity index (χ2n) is 5.07. The standard InChI is InChI=1S/C16H15BrFNO/c17-13-4-2-5-14(18)16(13)19-15-6-1-3-10-9-11(20)7-8-12(10)15/h2,4-5,7-9,15,19-20H,1,3,6H2. The van der Waals surface area contributed by atoms with Crippen LogP contribution >= 0.6 is 15.9 Å². The highest BCUT2D eigenvalue weighted by atomic mass is 79.9. The topological polar surface area (TPSA) is 32.3 Å². The van der Waals surface area contributed by atoms with E-state index >= 15 is 0 Å². The molecule has 0 bridgehead atoms. The number of benzene rings is 2. The maximum absolute atomic E-state index is 13.9. The molecule has 1 unspecified atom stereocenters. The lowest BCUT2D eigenvalue weighted by Crippen LogP contribution is -2.18. The van der Waals surface area contributed by atoms with Gasteiger partial charge < -0.3 is 10.4 Å². The molecule has 0 aromatic heterocycles. The summed E-state index contributed by atoms with van der Waals surface area (Å²) in [5, 5.41) is 12.9. The van der Waals surface area contributed by atoms with Gasteiger partial charge in [-0.2, -0.15) is 0 Å². The summed E-state index contributed by atoms with van der Waals surface area (Å²) in [6.45, 7) is 0. The Morgan fingerprint density at radius 3 is 2.90 bits per heavy atom. The normalized spacial score (nSPS) is 17.6. The van der Waals surface area contributed by atoms with Gasteiger partial charge in [0.2, 0.25) is 0 Å². The number of aryl methyl sites for hydroxylation is 1. The molecule has 0 spiro atoms. The SMILES string of the molecule is Oc1ccc2c(c1)CCCC2Nc1c(F)cccc1Br. The Morgan fingerprint density at radius 2 is 2.10 bits per heavy atom. The third-order valence-corrected chi connectivity index (χ3v) is 4.38. The van der Waals surface area contributed by atoms with Crippen LogP contribution in [0.2, 0.25) is 0 Å². The number of para-hydroxylation sites is 1. The van der Waals surface area contributed by atoms with Gasteiger partial charge >= 0.3 is 0 Å². The summed E-state index contributed by atoms with van der Waals surface area (Å²) in [7, 11) is 0. The molecule has 1 aliphatic rings. The van der Waals surface area contributed by atoms with Crippen LogP contribution in [0.5, 0.6) is 5.75 Å². The average Bonchev–Trinajstić information content (AvgIpc) is 2.42. The van der Waals surface area contributed by atoms with Gasteiger partial charge in [-0.05, 0) is 70.6 Å². The van der Waals surface area contributed by atoms with Crippen LogP contribution in [0.1, 0.15) is 30.0 Å². The Balaban J connectivity index is 1.94. The number of aromatic hydroxyl groups is 1. The summed E-state index contributed by atoms with van der Waals surface area (Å²) < 4.78 is 14.6. The van der Waals surface area contributed by atoms with E-state index in [4.69, 9.17) is 0 Å². The van der Waals surface area contributed by atoms with Crippen LogP contribution in [-0.2, 0) is 6.42 Å². The number of hydrogen-bond acceptors (Lipinski definition) is 2.